The molecule has 1 N–H and O–H groups in total. The van der Waals surface area contributed by atoms with Gasteiger partial charge >= 0.3 is 0 Å². The second-order valence-electron chi connectivity index (χ2n) is 8.13. The summed E-state index contributed by atoms with van der Waals surface area (Å²) in [5.74, 6) is 0.814. The first-order valence-corrected chi connectivity index (χ1v) is 12.1. The molecule has 170 valence electrons. The molecule has 1 aliphatic rings. The largest absolute Gasteiger partial charge is 0.367 e. The number of aromatic nitrogens is 3. The van der Waals surface area contributed by atoms with Gasteiger partial charge in [0.2, 0.25) is 0 Å². The van der Waals surface area contributed by atoms with Gasteiger partial charge in [-0.15, -0.1) is 0 Å². The third-order valence-corrected chi connectivity index (χ3v) is 6.86. The van der Waals surface area contributed by atoms with Crippen molar-refractivity contribution in [1.29, 1.82) is 5.26 Å². The van der Waals surface area contributed by atoms with Crippen LogP contribution in [-0.4, -0.2) is 44.5 Å². The van der Waals surface area contributed by atoms with E-state index in [1.807, 2.05) is 35.2 Å². The van der Waals surface area contributed by atoms with Gasteiger partial charge in [-0.25, -0.2) is 4.98 Å². The molecule has 4 aromatic rings. The fourth-order valence-electron chi connectivity index (χ4n) is 4.15. The number of carbonyl (C=O) groups is 1. The normalized spacial score (nSPS) is 14.2. The van der Waals surface area contributed by atoms with Crippen molar-refractivity contribution in [3.05, 3.63) is 81.4 Å². The van der Waals surface area contributed by atoms with E-state index in [-0.39, 0.29) is 11.9 Å². The minimum Gasteiger partial charge on any atom is -0.367 e. The van der Waals surface area contributed by atoms with Crippen LogP contribution in [0.5, 0.6) is 0 Å². The van der Waals surface area contributed by atoms with E-state index in [0.29, 0.717) is 34.9 Å². The summed E-state index contributed by atoms with van der Waals surface area (Å²) in [6.07, 6.45) is 3.33. The molecule has 2 aromatic heterocycles. The van der Waals surface area contributed by atoms with Crippen LogP contribution >= 0.6 is 27.5 Å². The fourth-order valence-corrected chi connectivity index (χ4v) is 4.73. The highest BCUT2D eigenvalue weighted by Crippen LogP contribution is 2.31. The monoisotopic (exact) mass is 534 g/mol. The van der Waals surface area contributed by atoms with Crippen LogP contribution in [0.4, 0.5) is 5.82 Å². The van der Waals surface area contributed by atoms with Crippen LogP contribution in [0.15, 0.2) is 65.3 Å². The van der Waals surface area contributed by atoms with E-state index in [0.717, 1.165) is 34.4 Å². The second-order valence-corrected chi connectivity index (χ2v) is 9.40. The van der Waals surface area contributed by atoms with Crippen LogP contribution in [0, 0.1) is 11.3 Å². The Bertz CT molecular complexity index is 1400. The van der Waals surface area contributed by atoms with Gasteiger partial charge in [0.15, 0.2) is 5.65 Å². The lowest BCUT2D eigenvalue weighted by Crippen LogP contribution is -2.42. The van der Waals surface area contributed by atoms with Gasteiger partial charge in [0.1, 0.15) is 5.82 Å². The average molecular weight is 536 g/mol. The molecule has 9 heteroatoms. The molecule has 34 heavy (non-hydrogen) atoms. The van der Waals surface area contributed by atoms with E-state index in [2.05, 4.69) is 32.4 Å². The van der Waals surface area contributed by atoms with Gasteiger partial charge in [-0.3, -0.25) is 4.79 Å². The number of carbonyl (C=O) groups excluding carboxylic acids is 1. The van der Waals surface area contributed by atoms with E-state index in [4.69, 9.17) is 21.8 Å². The number of hydrogen-bond acceptors (Lipinski definition) is 5. The summed E-state index contributed by atoms with van der Waals surface area (Å²) in [6, 6.07) is 18.6. The van der Waals surface area contributed by atoms with E-state index in [9.17, 15) is 4.79 Å². The number of halogens is 2. The maximum absolute atomic E-state index is 12.9. The van der Waals surface area contributed by atoms with E-state index in [1.165, 1.54) is 0 Å². The minimum absolute atomic E-state index is 0.00810. The molecule has 7 nitrogen and oxygen atoms in total. The molecule has 1 aliphatic heterocycles. The zero-order chi connectivity index (χ0) is 23.7. The first kappa shape index (κ1) is 22.4. The Kier molecular flexibility index (Phi) is 6.22. The number of fused-ring (bicyclic) bond motifs is 1. The number of piperidine rings is 1. The van der Waals surface area contributed by atoms with Gasteiger partial charge in [0.25, 0.3) is 5.91 Å². The molecule has 0 atom stereocenters. The zero-order valence-electron chi connectivity index (χ0n) is 18.1. The maximum atomic E-state index is 12.9. The molecule has 5 rings (SSSR count). The van der Waals surface area contributed by atoms with Crippen molar-refractivity contribution >= 4 is 44.9 Å². The fraction of sp³-hybridized carbons (Fsp3) is 0.200. The lowest BCUT2D eigenvalue weighted by Gasteiger charge is -2.33. The number of nitrogens with zero attached hydrogens (tertiary/aromatic N) is 5. The van der Waals surface area contributed by atoms with Crippen molar-refractivity contribution < 1.29 is 4.79 Å². The number of benzene rings is 2. The number of amides is 1. The molecule has 0 aliphatic carbocycles. The van der Waals surface area contributed by atoms with Crippen molar-refractivity contribution in [1.82, 2.24) is 19.5 Å². The Hall–Kier alpha value is -3.41. The highest BCUT2D eigenvalue weighted by atomic mass is 79.9. The lowest BCUT2D eigenvalue weighted by atomic mass is 10.0. The number of rotatable bonds is 4. The van der Waals surface area contributed by atoms with Crippen molar-refractivity contribution in [2.24, 2.45) is 0 Å². The molecule has 3 heterocycles. The molecule has 0 radical (unpaired) electrons. The molecule has 1 saturated heterocycles. The highest BCUT2D eigenvalue weighted by molar-refractivity contribution is 9.10. The molecule has 2 aromatic carbocycles. The summed E-state index contributed by atoms with van der Waals surface area (Å²) in [5.41, 5.74) is 3.46. The number of nitrogens with one attached hydrogen (secondary N) is 1. The highest BCUT2D eigenvalue weighted by Gasteiger charge is 2.25. The number of hydrogen-bond donors (Lipinski definition) is 1. The van der Waals surface area contributed by atoms with Gasteiger partial charge in [-0.1, -0.05) is 29.8 Å². The third-order valence-electron chi connectivity index (χ3n) is 5.97. The average Bonchev–Trinajstić information content (AvgIpc) is 3.25. The molecular weight excluding hydrogens is 516 g/mol. The first-order chi connectivity index (χ1) is 16.5. The lowest BCUT2D eigenvalue weighted by molar-refractivity contribution is 0.0718. The van der Waals surface area contributed by atoms with Gasteiger partial charge in [0, 0.05) is 41.3 Å². The van der Waals surface area contributed by atoms with Gasteiger partial charge in [-0.05, 0) is 59.1 Å². The molecule has 0 unspecified atom stereocenters. The Morgan fingerprint density at radius 2 is 1.88 bits per heavy atom. The van der Waals surface area contributed by atoms with Crippen LogP contribution in [0.1, 0.15) is 28.8 Å². The molecule has 1 amide bonds. The van der Waals surface area contributed by atoms with Crippen molar-refractivity contribution in [3.8, 4) is 17.3 Å². The quantitative estimate of drug-likeness (QED) is 0.378. The van der Waals surface area contributed by atoms with Crippen molar-refractivity contribution in [3.63, 3.8) is 0 Å². The molecule has 0 spiro atoms. The Labute approximate surface area is 210 Å². The molecule has 0 bridgehead atoms. The predicted octanol–water partition coefficient (Wildman–Crippen LogP) is 5.40. The summed E-state index contributed by atoms with van der Waals surface area (Å²) in [5, 5.41) is 17.7. The van der Waals surface area contributed by atoms with Gasteiger partial charge in [-0.2, -0.15) is 14.9 Å². The summed E-state index contributed by atoms with van der Waals surface area (Å²) in [7, 11) is 0. The SMILES string of the molecule is N#Cc1ccc(C(=O)N2CCC(Nc3cc(-c4ccccc4Cl)nc4c(Br)cnn34)CC2)cc1. The topological polar surface area (TPSA) is 86.3 Å². The molecular formula is C25H20BrClN6O. The first-order valence-electron chi connectivity index (χ1n) is 10.9. The molecule has 0 saturated carbocycles. The standard InChI is InChI=1S/C25H20BrClN6O/c26-20-15-29-33-23(13-22(31-24(20)33)19-3-1-2-4-21(19)27)30-18-9-11-32(12-10-18)25(34)17-7-5-16(14-28)6-8-17/h1-8,13,15,18,30H,9-12H2. The Balaban J connectivity index is 1.34. The number of anilines is 1. The van der Waals surface area contributed by atoms with Crippen LogP contribution in [-0.2, 0) is 0 Å². The van der Waals surface area contributed by atoms with Gasteiger partial charge < -0.3 is 10.2 Å². The zero-order valence-corrected chi connectivity index (χ0v) is 20.4. The second kappa shape index (κ2) is 9.45. The Morgan fingerprint density at radius 3 is 2.59 bits per heavy atom. The molecule has 1 fully saturated rings. The predicted molar refractivity (Wildman–Crippen MR) is 135 cm³/mol. The van der Waals surface area contributed by atoms with Gasteiger partial charge in [0.05, 0.1) is 28.0 Å². The summed E-state index contributed by atoms with van der Waals surface area (Å²) in [6.45, 7) is 1.29. The van der Waals surface area contributed by atoms with Crippen LogP contribution in [0.2, 0.25) is 5.02 Å². The smallest absolute Gasteiger partial charge is 0.253 e. The summed E-state index contributed by atoms with van der Waals surface area (Å²) >= 11 is 9.97. The van der Waals surface area contributed by atoms with E-state index in [1.54, 1.807) is 35.0 Å². The van der Waals surface area contributed by atoms with E-state index >= 15 is 0 Å². The minimum atomic E-state index is -0.00810. The van der Waals surface area contributed by atoms with E-state index < -0.39 is 0 Å². The Morgan fingerprint density at radius 1 is 1.15 bits per heavy atom. The summed E-state index contributed by atoms with van der Waals surface area (Å²) in [4.78, 5) is 19.5. The number of likely N-dealkylation sites (tertiary alicyclic amines) is 1. The summed E-state index contributed by atoms with van der Waals surface area (Å²) < 4.78 is 2.57. The number of nitriles is 1. The third kappa shape index (κ3) is 4.37. The van der Waals surface area contributed by atoms with Crippen molar-refractivity contribution in [2.75, 3.05) is 18.4 Å². The van der Waals surface area contributed by atoms with Crippen LogP contribution in [0.25, 0.3) is 16.9 Å². The maximum Gasteiger partial charge on any atom is 0.253 e. The van der Waals surface area contributed by atoms with Crippen LogP contribution in [0.3, 0.4) is 0 Å². The van der Waals surface area contributed by atoms with Crippen LogP contribution < -0.4 is 5.32 Å². The van der Waals surface area contributed by atoms with Crippen molar-refractivity contribution in [2.45, 2.75) is 18.9 Å².